The highest BCUT2D eigenvalue weighted by molar-refractivity contribution is 9.10. The number of carbonyl (C=O) groups excluding carboxylic acids is 1. The van der Waals surface area contributed by atoms with E-state index in [4.69, 9.17) is 16.3 Å². The SMILES string of the molecule is O=C(N/N=C\c1ccc(OCc2ccccc2)c(Br)c1)c1ccc(Cl)cc1. The molecular formula is C21H16BrClN2O2. The molecule has 0 fully saturated rings. The average Bonchev–Trinajstić information content (AvgIpc) is 2.68. The summed E-state index contributed by atoms with van der Waals surface area (Å²) in [6, 6.07) is 22.1. The van der Waals surface area contributed by atoms with Crippen molar-refractivity contribution in [1.29, 1.82) is 0 Å². The zero-order valence-electron chi connectivity index (χ0n) is 14.2. The third kappa shape index (κ3) is 5.67. The Hall–Kier alpha value is -2.63. The number of nitrogens with one attached hydrogen (secondary N) is 1. The number of hydrogen-bond acceptors (Lipinski definition) is 3. The van der Waals surface area contributed by atoms with E-state index in [2.05, 4.69) is 26.5 Å². The van der Waals surface area contributed by atoms with E-state index in [-0.39, 0.29) is 5.91 Å². The number of nitrogens with zero attached hydrogens (tertiary/aromatic N) is 1. The topological polar surface area (TPSA) is 50.7 Å². The molecule has 1 N–H and O–H groups in total. The fourth-order valence-electron chi connectivity index (χ4n) is 2.28. The number of hydrazone groups is 1. The van der Waals surface area contributed by atoms with Crippen LogP contribution in [-0.2, 0) is 6.61 Å². The summed E-state index contributed by atoms with van der Waals surface area (Å²) in [4.78, 5) is 12.0. The Morgan fingerprint density at radius 1 is 1.07 bits per heavy atom. The molecule has 0 aliphatic carbocycles. The summed E-state index contributed by atoms with van der Waals surface area (Å²) < 4.78 is 6.63. The molecule has 27 heavy (non-hydrogen) atoms. The molecule has 3 aromatic carbocycles. The smallest absolute Gasteiger partial charge is 0.271 e. The molecule has 4 nitrogen and oxygen atoms in total. The average molecular weight is 444 g/mol. The third-order valence-electron chi connectivity index (χ3n) is 3.68. The van der Waals surface area contributed by atoms with Gasteiger partial charge in [0.15, 0.2) is 0 Å². The van der Waals surface area contributed by atoms with Crippen LogP contribution in [0, 0.1) is 0 Å². The monoisotopic (exact) mass is 442 g/mol. The molecule has 0 bridgehead atoms. The second-order valence-corrected chi connectivity index (χ2v) is 6.96. The first-order valence-electron chi connectivity index (χ1n) is 8.17. The van der Waals surface area contributed by atoms with Gasteiger partial charge in [0, 0.05) is 10.6 Å². The minimum absolute atomic E-state index is 0.301. The predicted octanol–water partition coefficient (Wildman–Crippen LogP) is 5.45. The van der Waals surface area contributed by atoms with Crippen molar-refractivity contribution in [3.05, 3.63) is 99.0 Å². The van der Waals surface area contributed by atoms with Crippen molar-refractivity contribution < 1.29 is 9.53 Å². The Labute approximate surface area is 171 Å². The summed E-state index contributed by atoms with van der Waals surface area (Å²) in [5.41, 5.74) is 4.90. The molecule has 3 aromatic rings. The van der Waals surface area contributed by atoms with Crippen LogP contribution in [-0.4, -0.2) is 12.1 Å². The molecule has 0 heterocycles. The molecule has 0 spiro atoms. The highest BCUT2D eigenvalue weighted by Gasteiger charge is 2.04. The molecular weight excluding hydrogens is 428 g/mol. The van der Waals surface area contributed by atoms with Crippen LogP contribution in [0.3, 0.4) is 0 Å². The van der Waals surface area contributed by atoms with Crippen molar-refractivity contribution in [1.82, 2.24) is 5.43 Å². The van der Waals surface area contributed by atoms with Gasteiger partial charge in [-0.3, -0.25) is 4.79 Å². The van der Waals surface area contributed by atoms with Crippen molar-refractivity contribution in [3.8, 4) is 5.75 Å². The highest BCUT2D eigenvalue weighted by atomic mass is 79.9. The first-order valence-corrected chi connectivity index (χ1v) is 9.34. The second-order valence-electron chi connectivity index (χ2n) is 5.67. The van der Waals surface area contributed by atoms with Gasteiger partial charge in [-0.2, -0.15) is 5.10 Å². The lowest BCUT2D eigenvalue weighted by Crippen LogP contribution is -2.17. The Kier molecular flexibility index (Phi) is 6.63. The zero-order chi connectivity index (χ0) is 19.1. The lowest BCUT2D eigenvalue weighted by molar-refractivity contribution is 0.0955. The number of halogens is 2. The third-order valence-corrected chi connectivity index (χ3v) is 4.55. The van der Waals surface area contributed by atoms with Gasteiger partial charge < -0.3 is 4.74 Å². The van der Waals surface area contributed by atoms with Crippen LogP contribution < -0.4 is 10.2 Å². The number of rotatable bonds is 6. The van der Waals surface area contributed by atoms with Crippen molar-refractivity contribution in [2.45, 2.75) is 6.61 Å². The van der Waals surface area contributed by atoms with E-state index in [9.17, 15) is 4.79 Å². The summed E-state index contributed by atoms with van der Waals surface area (Å²) in [7, 11) is 0. The minimum atomic E-state index is -0.301. The number of amides is 1. The van der Waals surface area contributed by atoms with Crippen LogP contribution >= 0.6 is 27.5 Å². The van der Waals surface area contributed by atoms with Crippen LogP contribution in [0.2, 0.25) is 5.02 Å². The highest BCUT2D eigenvalue weighted by Crippen LogP contribution is 2.26. The molecule has 0 atom stereocenters. The van der Waals surface area contributed by atoms with Crippen LogP contribution in [0.5, 0.6) is 5.75 Å². The first-order chi connectivity index (χ1) is 13.1. The molecule has 136 valence electrons. The van der Waals surface area contributed by atoms with Gasteiger partial charge in [-0.15, -0.1) is 0 Å². The molecule has 1 amide bonds. The predicted molar refractivity (Wildman–Crippen MR) is 111 cm³/mol. The summed E-state index contributed by atoms with van der Waals surface area (Å²) in [5.74, 6) is 0.436. The Bertz CT molecular complexity index is 944. The second kappa shape index (κ2) is 9.35. The lowest BCUT2D eigenvalue weighted by atomic mass is 10.2. The Morgan fingerprint density at radius 2 is 1.81 bits per heavy atom. The van der Waals surface area contributed by atoms with Gasteiger partial charge in [0.05, 0.1) is 10.7 Å². The van der Waals surface area contributed by atoms with Crippen molar-refractivity contribution in [2.24, 2.45) is 5.10 Å². The van der Waals surface area contributed by atoms with Gasteiger partial charge in [-0.05, 0) is 69.5 Å². The first kappa shape index (κ1) is 19.1. The molecule has 0 saturated carbocycles. The van der Waals surface area contributed by atoms with Gasteiger partial charge in [-0.1, -0.05) is 41.9 Å². The Morgan fingerprint density at radius 3 is 2.52 bits per heavy atom. The van der Waals surface area contributed by atoms with E-state index in [1.807, 2.05) is 48.5 Å². The van der Waals surface area contributed by atoms with Gasteiger partial charge in [0.1, 0.15) is 12.4 Å². The maximum absolute atomic E-state index is 12.0. The van der Waals surface area contributed by atoms with E-state index < -0.39 is 0 Å². The van der Waals surface area contributed by atoms with Gasteiger partial charge >= 0.3 is 0 Å². The van der Waals surface area contributed by atoms with Crippen LogP contribution in [0.4, 0.5) is 0 Å². The lowest BCUT2D eigenvalue weighted by Gasteiger charge is -2.08. The summed E-state index contributed by atoms with van der Waals surface area (Å²) in [5, 5.41) is 4.56. The van der Waals surface area contributed by atoms with E-state index in [1.54, 1.807) is 30.5 Å². The quantitative estimate of drug-likeness (QED) is 0.407. The van der Waals surface area contributed by atoms with Crippen molar-refractivity contribution >= 4 is 39.7 Å². The summed E-state index contributed by atoms with van der Waals surface area (Å²) in [6.07, 6.45) is 1.57. The molecule has 3 rings (SSSR count). The molecule has 0 aliphatic rings. The maximum atomic E-state index is 12.0. The van der Waals surface area contributed by atoms with Gasteiger partial charge in [0.25, 0.3) is 5.91 Å². The number of carbonyl (C=O) groups is 1. The van der Waals surface area contributed by atoms with Crippen molar-refractivity contribution in [2.75, 3.05) is 0 Å². The van der Waals surface area contributed by atoms with Crippen LogP contribution in [0.25, 0.3) is 0 Å². The van der Waals surface area contributed by atoms with E-state index in [0.29, 0.717) is 17.2 Å². The zero-order valence-corrected chi connectivity index (χ0v) is 16.6. The number of benzene rings is 3. The molecule has 0 radical (unpaired) electrons. The largest absolute Gasteiger partial charge is 0.488 e. The van der Waals surface area contributed by atoms with E-state index in [0.717, 1.165) is 21.3 Å². The van der Waals surface area contributed by atoms with Gasteiger partial charge in [0.2, 0.25) is 0 Å². The molecule has 6 heteroatoms. The molecule has 0 saturated heterocycles. The van der Waals surface area contributed by atoms with Crippen molar-refractivity contribution in [3.63, 3.8) is 0 Å². The van der Waals surface area contributed by atoms with Crippen LogP contribution in [0.15, 0.2) is 82.4 Å². The molecule has 0 aliphatic heterocycles. The molecule has 0 aromatic heterocycles. The normalized spacial score (nSPS) is 10.7. The number of hydrogen-bond donors (Lipinski definition) is 1. The van der Waals surface area contributed by atoms with E-state index in [1.165, 1.54) is 0 Å². The standard InChI is InChI=1S/C21H16BrClN2O2/c22-19-12-16(6-11-20(19)27-14-15-4-2-1-3-5-15)13-24-25-21(26)17-7-9-18(23)10-8-17/h1-13H,14H2,(H,25,26)/b24-13-. The van der Waals surface area contributed by atoms with Gasteiger partial charge in [-0.25, -0.2) is 5.43 Å². The summed E-state index contributed by atoms with van der Waals surface area (Å²) >= 11 is 9.31. The number of ether oxygens (including phenoxy) is 1. The minimum Gasteiger partial charge on any atom is -0.488 e. The summed E-state index contributed by atoms with van der Waals surface area (Å²) in [6.45, 7) is 0.490. The Balaban J connectivity index is 1.57. The van der Waals surface area contributed by atoms with E-state index >= 15 is 0 Å². The molecule has 0 unspecified atom stereocenters. The fraction of sp³-hybridized carbons (Fsp3) is 0.0476. The maximum Gasteiger partial charge on any atom is 0.271 e. The van der Waals surface area contributed by atoms with Crippen LogP contribution in [0.1, 0.15) is 21.5 Å². The fourth-order valence-corrected chi connectivity index (χ4v) is 2.92.